The van der Waals surface area contributed by atoms with E-state index >= 15 is 0 Å². The van der Waals surface area contributed by atoms with Crippen molar-refractivity contribution in [2.45, 2.75) is 39.2 Å². The lowest BCUT2D eigenvalue weighted by Gasteiger charge is -2.29. The quantitative estimate of drug-likeness (QED) is 0.888. The van der Waals surface area contributed by atoms with E-state index in [1.54, 1.807) is 6.07 Å². The lowest BCUT2D eigenvalue weighted by atomic mass is 9.80. The highest BCUT2D eigenvalue weighted by Crippen LogP contribution is 2.37. The third-order valence-electron chi connectivity index (χ3n) is 4.58. The molecule has 1 saturated carbocycles. The van der Waals surface area contributed by atoms with E-state index in [0.29, 0.717) is 12.3 Å². The summed E-state index contributed by atoms with van der Waals surface area (Å²) in [6.07, 6.45) is 5.40. The summed E-state index contributed by atoms with van der Waals surface area (Å²) >= 11 is 0. The van der Waals surface area contributed by atoms with Crippen molar-refractivity contribution in [1.82, 2.24) is 5.32 Å². The molecule has 1 aliphatic heterocycles. The Balaban J connectivity index is 1.56. The summed E-state index contributed by atoms with van der Waals surface area (Å²) in [4.78, 5) is 0. The minimum absolute atomic E-state index is 0.241. The summed E-state index contributed by atoms with van der Waals surface area (Å²) in [5.41, 5.74) is 0.873. The Morgan fingerprint density at radius 3 is 2.75 bits per heavy atom. The molecule has 2 unspecified atom stereocenters. The topological polar surface area (TPSA) is 50.7 Å². The van der Waals surface area contributed by atoms with E-state index < -0.39 is 0 Å². The molecule has 1 fully saturated rings. The molecular formula is C16H23NO3. The van der Waals surface area contributed by atoms with Gasteiger partial charge in [0, 0.05) is 18.2 Å². The second kappa shape index (κ2) is 5.92. The van der Waals surface area contributed by atoms with Crippen molar-refractivity contribution in [2.75, 3.05) is 13.3 Å². The standard InChI is InChI=1S/C16H23NO3/c1-11-4-2-3-5-12(11)8-17-9-13-6-15-16(7-14(13)18)20-10-19-15/h6-7,11-12,17-18H,2-5,8-10H2,1H3. The van der Waals surface area contributed by atoms with Crippen molar-refractivity contribution >= 4 is 0 Å². The van der Waals surface area contributed by atoms with Crippen LogP contribution in [0.2, 0.25) is 0 Å². The van der Waals surface area contributed by atoms with Crippen LogP contribution in [0.1, 0.15) is 38.2 Å². The van der Waals surface area contributed by atoms with E-state index in [-0.39, 0.29) is 12.5 Å². The predicted molar refractivity (Wildman–Crippen MR) is 77.1 cm³/mol. The van der Waals surface area contributed by atoms with E-state index in [1.807, 2.05) is 6.07 Å². The van der Waals surface area contributed by atoms with Crippen LogP contribution >= 0.6 is 0 Å². The molecule has 2 atom stereocenters. The molecule has 3 rings (SSSR count). The highest BCUT2D eigenvalue weighted by atomic mass is 16.7. The first kappa shape index (κ1) is 13.6. The number of nitrogens with one attached hydrogen (secondary N) is 1. The van der Waals surface area contributed by atoms with Crippen LogP contribution in [-0.2, 0) is 6.54 Å². The summed E-state index contributed by atoms with van der Waals surface area (Å²) < 4.78 is 10.6. The van der Waals surface area contributed by atoms with Crippen molar-refractivity contribution in [3.63, 3.8) is 0 Å². The van der Waals surface area contributed by atoms with Crippen LogP contribution in [0.3, 0.4) is 0 Å². The van der Waals surface area contributed by atoms with E-state index in [2.05, 4.69) is 12.2 Å². The highest BCUT2D eigenvalue weighted by molar-refractivity contribution is 5.51. The first-order chi connectivity index (χ1) is 9.74. The summed E-state index contributed by atoms with van der Waals surface area (Å²) in [5.74, 6) is 3.21. The molecule has 0 spiro atoms. The van der Waals surface area contributed by atoms with Gasteiger partial charge >= 0.3 is 0 Å². The summed E-state index contributed by atoms with van der Waals surface area (Å²) in [5, 5.41) is 13.5. The van der Waals surface area contributed by atoms with Gasteiger partial charge in [0.2, 0.25) is 6.79 Å². The zero-order chi connectivity index (χ0) is 13.9. The molecule has 2 aliphatic rings. The smallest absolute Gasteiger partial charge is 0.231 e. The van der Waals surface area contributed by atoms with Gasteiger partial charge in [-0.1, -0.05) is 26.2 Å². The zero-order valence-corrected chi connectivity index (χ0v) is 12.0. The summed E-state index contributed by atoms with van der Waals surface area (Å²) in [6.45, 7) is 4.29. The normalized spacial score (nSPS) is 24.9. The molecule has 2 N–H and O–H groups in total. The Bertz CT molecular complexity index is 475. The molecule has 4 nitrogen and oxygen atoms in total. The molecule has 0 aromatic heterocycles. The summed E-state index contributed by atoms with van der Waals surface area (Å²) in [7, 11) is 0. The minimum Gasteiger partial charge on any atom is -0.507 e. The van der Waals surface area contributed by atoms with Gasteiger partial charge in [-0.15, -0.1) is 0 Å². The number of hydrogen-bond acceptors (Lipinski definition) is 4. The van der Waals surface area contributed by atoms with Crippen LogP contribution in [0.5, 0.6) is 17.2 Å². The molecule has 1 aromatic carbocycles. The number of aromatic hydroxyl groups is 1. The van der Waals surface area contributed by atoms with Crippen molar-refractivity contribution < 1.29 is 14.6 Å². The molecule has 0 radical (unpaired) electrons. The van der Waals surface area contributed by atoms with E-state index in [0.717, 1.165) is 29.7 Å². The first-order valence-corrected chi connectivity index (χ1v) is 7.56. The molecule has 20 heavy (non-hydrogen) atoms. The van der Waals surface area contributed by atoms with Gasteiger partial charge in [0.25, 0.3) is 0 Å². The van der Waals surface area contributed by atoms with Crippen molar-refractivity contribution in [1.29, 1.82) is 0 Å². The first-order valence-electron chi connectivity index (χ1n) is 7.56. The Labute approximate surface area is 120 Å². The molecule has 1 aromatic rings. The molecule has 4 heteroatoms. The van der Waals surface area contributed by atoms with Gasteiger partial charge in [0.15, 0.2) is 11.5 Å². The van der Waals surface area contributed by atoms with Crippen LogP contribution in [0.15, 0.2) is 12.1 Å². The molecule has 0 saturated heterocycles. The molecule has 1 aliphatic carbocycles. The fourth-order valence-corrected chi connectivity index (χ4v) is 3.20. The van der Waals surface area contributed by atoms with Crippen LogP contribution in [-0.4, -0.2) is 18.4 Å². The van der Waals surface area contributed by atoms with Crippen LogP contribution < -0.4 is 14.8 Å². The average molecular weight is 277 g/mol. The predicted octanol–water partition coefficient (Wildman–Crippen LogP) is 3.04. The second-order valence-corrected chi connectivity index (χ2v) is 5.99. The van der Waals surface area contributed by atoms with Gasteiger partial charge in [0.1, 0.15) is 5.75 Å². The molecule has 1 heterocycles. The van der Waals surface area contributed by atoms with E-state index in [9.17, 15) is 5.11 Å². The van der Waals surface area contributed by atoms with Gasteiger partial charge in [-0.3, -0.25) is 0 Å². The monoisotopic (exact) mass is 277 g/mol. The molecule has 110 valence electrons. The van der Waals surface area contributed by atoms with Crippen molar-refractivity contribution in [3.05, 3.63) is 17.7 Å². The number of fused-ring (bicyclic) bond motifs is 1. The maximum absolute atomic E-state index is 9.99. The Kier molecular flexibility index (Phi) is 4.01. The SMILES string of the molecule is CC1CCCCC1CNCc1cc2c(cc1O)OCO2. The van der Waals surface area contributed by atoms with Crippen molar-refractivity contribution in [2.24, 2.45) is 11.8 Å². The third kappa shape index (κ3) is 2.85. The fraction of sp³-hybridized carbons (Fsp3) is 0.625. The van der Waals surface area contributed by atoms with E-state index in [4.69, 9.17) is 9.47 Å². The zero-order valence-electron chi connectivity index (χ0n) is 12.0. The Morgan fingerprint density at radius 1 is 1.20 bits per heavy atom. The molecule has 0 bridgehead atoms. The largest absolute Gasteiger partial charge is 0.507 e. The van der Waals surface area contributed by atoms with Crippen molar-refractivity contribution in [3.8, 4) is 17.2 Å². The van der Waals surface area contributed by atoms with Gasteiger partial charge in [-0.05, 0) is 30.9 Å². The van der Waals surface area contributed by atoms with Crippen LogP contribution in [0, 0.1) is 11.8 Å². The van der Waals surface area contributed by atoms with Crippen LogP contribution in [0.25, 0.3) is 0 Å². The van der Waals surface area contributed by atoms with E-state index in [1.165, 1.54) is 25.7 Å². The number of hydrogen-bond donors (Lipinski definition) is 2. The molecular weight excluding hydrogens is 254 g/mol. The lowest BCUT2D eigenvalue weighted by molar-refractivity contribution is 0.174. The van der Waals surface area contributed by atoms with Gasteiger partial charge in [-0.2, -0.15) is 0 Å². The maximum atomic E-state index is 9.99. The lowest BCUT2D eigenvalue weighted by Crippen LogP contribution is -2.29. The second-order valence-electron chi connectivity index (χ2n) is 5.99. The number of rotatable bonds is 4. The minimum atomic E-state index is 0.241. The Morgan fingerprint density at radius 2 is 1.95 bits per heavy atom. The average Bonchev–Trinajstić information content (AvgIpc) is 2.88. The van der Waals surface area contributed by atoms with Gasteiger partial charge < -0.3 is 19.9 Å². The number of phenols is 1. The maximum Gasteiger partial charge on any atom is 0.231 e. The Hall–Kier alpha value is -1.42. The fourth-order valence-electron chi connectivity index (χ4n) is 3.20. The third-order valence-corrected chi connectivity index (χ3v) is 4.58. The number of ether oxygens (including phenoxy) is 2. The highest BCUT2D eigenvalue weighted by Gasteiger charge is 2.21. The van der Waals surface area contributed by atoms with Gasteiger partial charge in [0.05, 0.1) is 0 Å². The number of benzene rings is 1. The number of phenolic OH excluding ortho intramolecular Hbond substituents is 1. The molecule has 0 amide bonds. The van der Waals surface area contributed by atoms with Gasteiger partial charge in [-0.25, -0.2) is 0 Å². The van der Waals surface area contributed by atoms with Crippen LogP contribution in [0.4, 0.5) is 0 Å². The summed E-state index contributed by atoms with van der Waals surface area (Å²) in [6, 6.07) is 3.51.